The van der Waals surface area contributed by atoms with Crippen LogP contribution in [0.2, 0.25) is 0 Å². The second-order valence-electron chi connectivity index (χ2n) is 2.78. The molecule has 1 saturated heterocycles. The second kappa shape index (κ2) is 3.32. The molecule has 1 aliphatic heterocycles. The Bertz CT molecular complexity index is 108. The van der Waals surface area contributed by atoms with E-state index in [1.807, 2.05) is 11.9 Å². The fourth-order valence-corrected chi connectivity index (χ4v) is 1.20. The Morgan fingerprint density at radius 1 is 1.70 bits per heavy atom. The number of nitrogens with zero attached hydrogens (tertiary/aromatic N) is 1. The van der Waals surface area contributed by atoms with Gasteiger partial charge < -0.3 is 15.1 Å². The SMILES string of the molecule is CN1CC[C@@H](O)[CH][C@H]1CO. The third-order valence-electron chi connectivity index (χ3n) is 1.98. The van der Waals surface area contributed by atoms with Crippen molar-refractivity contribution >= 4 is 0 Å². The van der Waals surface area contributed by atoms with Crippen molar-refractivity contribution in [2.45, 2.75) is 18.6 Å². The van der Waals surface area contributed by atoms with Gasteiger partial charge in [0.05, 0.1) is 12.7 Å². The van der Waals surface area contributed by atoms with Gasteiger partial charge in [-0.2, -0.15) is 0 Å². The minimum Gasteiger partial charge on any atom is -0.395 e. The monoisotopic (exact) mass is 144 g/mol. The van der Waals surface area contributed by atoms with E-state index in [-0.39, 0.29) is 18.8 Å². The number of rotatable bonds is 1. The quantitative estimate of drug-likeness (QED) is 0.509. The lowest BCUT2D eigenvalue weighted by Crippen LogP contribution is -2.44. The average molecular weight is 144 g/mol. The summed E-state index contributed by atoms with van der Waals surface area (Å²) in [5.41, 5.74) is 0. The van der Waals surface area contributed by atoms with Crippen molar-refractivity contribution in [3.8, 4) is 0 Å². The van der Waals surface area contributed by atoms with Gasteiger partial charge in [0, 0.05) is 19.0 Å². The molecule has 2 atom stereocenters. The number of hydrogen-bond acceptors (Lipinski definition) is 3. The molecule has 2 N–H and O–H groups in total. The van der Waals surface area contributed by atoms with Crippen molar-refractivity contribution < 1.29 is 10.2 Å². The first-order valence-electron chi connectivity index (χ1n) is 3.58. The molecule has 0 unspecified atom stereocenters. The molecule has 1 aliphatic rings. The van der Waals surface area contributed by atoms with Crippen LogP contribution in [-0.4, -0.2) is 47.5 Å². The van der Waals surface area contributed by atoms with E-state index in [1.54, 1.807) is 6.42 Å². The number of likely N-dealkylation sites (N-methyl/N-ethyl adjacent to an activating group) is 1. The molecule has 0 aromatic carbocycles. The molecule has 0 aromatic rings. The molecule has 0 aromatic heterocycles. The molecular formula is C7H14NO2. The normalized spacial score (nSPS) is 36.3. The van der Waals surface area contributed by atoms with Crippen molar-refractivity contribution in [1.29, 1.82) is 0 Å². The Hall–Kier alpha value is -0.120. The highest BCUT2D eigenvalue weighted by atomic mass is 16.3. The molecule has 3 nitrogen and oxygen atoms in total. The Morgan fingerprint density at radius 2 is 2.40 bits per heavy atom. The maximum atomic E-state index is 9.14. The van der Waals surface area contributed by atoms with Gasteiger partial charge in [0.1, 0.15) is 0 Å². The van der Waals surface area contributed by atoms with Crippen molar-refractivity contribution in [2.24, 2.45) is 0 Å². The second-order valence-corrected chi connectivity index (χ2v) is 2.78. The molecule has 0 amide bonds. The zero-order chi connectivity index (χ0) is 7.56. The van der Waals surface area contributed by atoms with Gasteiger partial charge in [0.15, 0.2) is 0 Å². The lowest BCUT2D eigenvalue weighted by Gasteiger charge is -2.33. The standard InChI is InChI=1S/C7H14NO2/c1-8-3-2-7(10)4-6(8)5-9/h4,6-7,9-10H,2-3,5H2,1H3/t6-,7+/m0/s1. The van der Waals surface area contributed by atoms with Gasteiger partial charge in [-0.25, -0.2) is 0 Å². The smallest absolute Gasteiger partial charge is 0.0600 e. The summed E-state index contributed by atoms with van der Waals surface area (Å²) in [7, 11) is 1.95. The van der Waals surface area contributed by atoms with E-state index in [2.05, 4.69) is 0 Å². The molecule has 0 aliphatic carbocycles. The molecule has 1 heterocycles. The average Bonchev–Trinajstić information content (AvgIpc) is 1.94. The minimum atomic E-state index is -0.326. The molecule has 3 heteroatoms. The summed E-state index contributed by atoms with van der Waals surface area (Å²) in [5, 5.41) is 17.9. The summed E-state index contributed by atoms with van der Waals surface area (Å²) < 4.78 is 0. The topological polar surface area (TPSA) is 43.7 Å². The predicted molar refractivity (Wildman–Crippen MR) is 38.4 cm³/mol. The van der Waals surface area contributed by atoms with Crippen LogP contribution in [0.15, 0.2) is 0 Å². The number of piperidine rings is 1. The molecule has 10 heavy (non-hydrogen) atoms. The highest BCUT2D eigenvalue weighted by Gasteiger charge is 2.23. The molecule has 1 rings (SSSR count). The van der Waals surface area contributed by atoms with E-state index in [9.17, 15) is 0 Å². The van der Waals surface area contributed by atoms with Crippen LogP contribution < -0.4 is 0 Å². The van der Waals surface area contributed by atoms with Gasteiger partial charge in [0.25, 0.3) is 0 Å². The summed E-state index contributed by atoms with van der Waals surface area (Å²) in [6, 6.07) is 0.0451. The van der Waals surface area contributed by atoms with E-state index in [4.69, 9.17) is 10.2 Å². The molecule has 1 radical (unpaired) electrons. The fraction of sp³-hybridized carbons (Fsp3) is 0.857. The van der Waals surface area contributed by atoms with E-state index < -0.39 is 0 Å². The molecule has 0 spiro atoms. The Morgan fingerprint density at radius 3 is 2.90 bits per heavy atom. The third kappa shape index (κ3) is 1.68. The summed E-state index contributed by atoms with van der Waals surface area (Å²) in [5.74, 6) is 0. The maximum absolute atomic E-state index is 9.14. The number of aliphatic hydroxyl groups is 2. The maximum Gasteiger partial charge on any atom is 0.0600 e. The van der Waals surface area contributed by atoms with Crippen LogP contribution in [0, 0.1) is 6.42 Å². The first-order chi connectivity index (χ1) is 4.74. The zero-order valence-corrected chi connectivity index (χ0v) is 6.20. The molecule has 0 saturated carbocycles. The highest BCUT2D eigenvalue weighted by molar-refractivity contribution is 4.93. The van der Waals surface area contributed by atoms with Gasteiger partial charge in [-0.15, -0.1) is 0 Å². The van der Waals surface area contributed by atoms with E-state index in [1.165, 1.54) is 0 Å². The van der Waals surface area contributed by atoms with Crippen LogP contribution in [0.5, 0.6) is 0 Å². The van der Waals surface area contributed by atoms with Crippen LogP contribution in [0.25, 0.3) is 0 Å². The first kappa shape index (κ1) is 7.98. The third-order valence-corrected chi connectivity index (χ3v) is 1.98. The number of aliphatic hydroxyl groups excluding tert-OH is 2. The number of likely N-dealkylation sites (tertiary alicyclic amines) is 1. The van der Waals surface area contributed by atoms with Crippen molar-refractivity contribution in [2.75, 3.05) is 20.2 Å². The van der Waals surface area contributed by atoms with Crippen LogP contribution in [-0.2, 0) is 0 Å². The zero-order valence-electron chi connectivity index (χ0n) is 6.20. The fourth-order valence-electron chi connectivity index (χ4n) is 1.20. The largest absolute Gasteiger partial charge is 0.395 e. The summed E-state index contributed by atoms with van der Waals surface area (Å²) in [6.45, 7) is 0.969. The van der Waals surface area contributed by atoms with Crippen LogP contribution in [0.1, 0.15) is 6.42 Å². The van der Waals surface area contributed by atoms with Gasteiger partial charge in [-0.1, -0.05) is 0 Å². The Balaban J connectivity index is 2.38. The summed E-state index contributed by atoms with van der Waals surface area (Å²) >= 11 is 0. The van der Waals surface area contributed by atoms with Gasteiger partial charge >= 0.3 is 0 Å². The van der Waals surface area contributed by atoms with Crippen molar-refractivity contribution in [1.82, 2.24) is 4.90 Å². The van der Waals surface area contributed by atoms with Crippen LogP contribution in [0.4, 0.5) is 0 Å². The van der Waals surface area contributed by atoms with E-state index in [0.29, 0.717) is 0 Å². The minimum absolute atomic E-state index is 0.0451. The predicted octanol–water partition coefficient (Wildman–Crippen LogP) is -0.752. The summed E-state index contributed by atoms with van der Waals surface area (Å²) in [6.07, 6.45) is 2.24. The lowest BCUT2D eigenvalue weighted by atomic mass is 10.0. The van der Waals surface area contributed by atoms with E-state index >= 15 is 0 Å². The van der Waals surface area contributed by atoms with Crippen LogP contribution >= 0.6 is 0 Å². The lowest BCUT2D eigenvalue weighted by molar-refractivity contribution is 0.0770. The Kier molecular flexibility index (Phi) is 2.65. The summed E-state index contributed by atoms with van der Waals surface area (Å²) in [4.78, 5) is 2.03. The first-order valence-corrected chi connectivity index (χ1v) is 3.58. The highest BCUT2D eigenvalue weighted by Crippen LogP contribution is 2.13. The molecule has 1 fully saturated rings. The van der Waals surface area contributed by atoms with Crippen LogP contribution in [0.3, 0.4) is 0 Å². The molecule has 0 bridgehead atoms. The van der Waals surface area contributed by atoms with E-state index in [0.717, 1.165) is 13.0 Å². The van der Waals surface area contributed by atoms with Crippen molar-refractivity contribution in [3.05, 3.63) is 6.42 Å². The van der Waals surface area contributed by atoms with Gasteiger partial charge in [-0.05, 0) is 13.5 Å². The van der Waals surface area contributed by atoms with Gasteiger partial charge in [0.2, 0.25) is 0 Å². The molecular weight excluding hydrogens is 130 g/mol. The molecule has 59 valence electrons. The number of hydrogen-bond donors (Lipinski definition) is 2. The van der Waals surface area contributed by atoms with Gasteiger partial charge in [-0.3, -0.25) is 0 Å². The van der Waals surface area contributed by atoms with Crippen molar-refractivity contribution in [3.63, 3.8) is 0 Å². The Labute approximate surface area is 61.3 Å².